The maximum Gasteiger partial charge on any atom is 0.165 e. The molecule has 5 heteroatoms. The fraction of sp³-hybridized carbons (Fsp3) is 0.500. The molecule has 0 bridgehead atoms. The minimum absolute atomic E-state index is 0.282. The van der Waals surface area contributed by atoms with E-state index in [1.165, 1.54) is 0 Å². The van der Waals surface area contributed by atoms with E-state index in [1.54, 1.807) is 14.2 Å². The molecule has 0 saturated carbocycles. The summed E-state index contributed by atoms with van der Waals surface area (Å²) in [5, 5.41) is 8.83. The Morgan fingerprint density at radius 2 is 1.68 bits per heavy atom. The normalized spacial score (nSPS) is 9.95. The lowest BCUT2D eigenvalue weighted by atomic mass is 10.1. The standard InChI is InChI=1S/C14H19NO4/c1-16-8-10-18-13-5-3-4-12(6-7-15)14(13)19-11-9-17-2/h3-5H,6,8-11H2,1-2H3. The Bertz CT molecular complexity index is 414. The highest BCUT2D eigenvalue weighted by Crippen LogP contribution is 2.31. The molecular formula is C14H19NO4. The summed E-state index contributed by atoms with van der Waals surface area (Å²) in [4.78, 5) is 0. The van der Waals surface area contributed by atoms with E-state index < -0.39 is 0 Å². The number of hydrogen-bond donors (Lipinski definition) is 0. The van der Waals surface area contributed by atoms with Crippen LogP contribution in [0.3, 0.4) is 0 Å². The molecule has 0 spiro atoms. The van der Waals surface area contributed by atoms with Crippen molar-refractivity contribution in [3.8, 4) is 17.6 Å². The molecule has 0 aliphatic carbocycles. The summed E-state index contributed by atoms with van der Waals surface area (Å²) in [6, 6.07) is 7.64. The summed E-state index contributed by atoms with van der Waals surface area (Å²) in [5.74, 6) is 1.23. The molecule has 0 aliphatic heterocycles. The van der Waals surface area contributed by atoms with Crippen LogP contribution in [0, 0.1) is 11.3 Å². The monoisotopic (exact) mass is 265 g/mol. The molecular weight excluding hydrogens is 246 g/mol. The second-order valence-corrected chi connectivity index (χ2v) is 3.76. The zero-order valence-corrected chi connectivity index (χ0v) is 11.3. The molecule has 0 fully saturated rings. The van der Waals surface area contributed by atoms with Gasteiger partial charge in [-0.05, 0) is 6.07 Å². The van der Waals surface area contributed by atoms with Crippen LogP contribution in [0.5, 0.6) is 11.5 Å². The van der Waals surface area contributed by atoms with Crippen LogP contribution in [0.1, 0.15) is 5.56 Å². The smallest absolute Gasteiger partial charge is 0.165 e. The summed E-state index contributed by atoms with van der Waals surface area (Å²) >= 11 is 0. The average molecular weight is 265 g/mol. The van der Waals surface area contributed by atoms with E-state index in [0.717, 1.165) is 5.56 Å². The minimum atomic E-state index is 0.282. The molecule has 0 radical (unpaired) electrons. The van der Waals surface area contributed by atoms with E-state index in [2.05, 4.69) is 6.07 Å². The third kappa shape index (κ3) is 5.16. The largest absolute Gasteiger partial charge is 0.487 e. The van der Waals surface area contributed by atoms with Crippen LogP contribution >= 0.6 is 0 Å². The van der Waals surface area contributed by atoms with Gasteiger partial charge >= 0.3 is 0 Å². The third-order valence-corrected chi connectivity index (χ3v) is 2.41. The van der Waals surface area contributed by atoms with Gasteiger partial charge in [-0.3, -0.25) is 0 Å². The molecule has 0 aliphatic rings. The van der Waals surface area contributed by atoms with Crippen LogP contribution in [0.25, 0.3) is 0 Å². The number of hydrogen-bond acceptors (Lipinski definition) is 5. The summed E-state index contributed by atoms with van der Waals surface area (Å²) < 4.78 is 21.1. The summed E-state index contributed by atoms with van der Waals surface area (Å²) in [6.45, 7) is 1.84. The zero-order chi connectivity index (χ0) is 13.9. The number of methoxy groups -OCH3 is 2. The van der Waals surface area contributed by atoms with Gasteiger partial charge in [0.25, 0.3) is 0 Å². The van der Waals surface area contributed by atoms with Crippen molar-refractivity contribution < 1.29 is 18.9 Å². The first-order valence-corrected chi connectivity index (χ1v) is 6.05. The van der Waals surface area contributed by atoms with E-state index >= 15 is 0 Å². The van der Waals surface area contributed by atoms with Gasteiger partial charge in [-0.2, -0.15) is 5.26 Å². The van der Waals surface area contributed by atoms with Crippen molar-refractivity contribution in [1.82, 2.24) is 0 Å². The van der Waals surface area contributed by atoms with Crippen molar-refractivity contribution in [3.63, 3.8) is 0 Å². The molecule has 0 saturated heterocycles. The highest BCUT2D eigenvalue weighted by Gasteiger charge is 2.11. The van der Waals surface area contributed by atoms with Gasteiger partial charge in [0.1, 0.15) is 13.2 Å². The number of nitriles is 1. The summed E-state index contributed by atoms with van der Waals surface area (Å²) in [6.07, 6.45) is 0.282. The fourth-order valence-corrected chi connectivity index (χ4v) is 1.53. The first kappa shape index (κ1) is 15.3. The summed E-state index contributed by atoms with van der Waals surface area (Å²) in [5.41, 5.74) is 0.813. The Morgan fingerprint density at radius 1 is 1.00 bits per heavy atom. The molecule has 0 heterocycles. The molecule has 5 nitrogen and oxygen atoms in total. The quantitative estimate of drug-likeness (QED) is 0.637. The van der Waals surface area contributed by atoms with E-state index in [4.69, 9.17) is 24.2 Å². The Kier molecular flexibility index (Phi) is 7.40. The molecule has 19 heavy (non-hydrogen) atoms. The van der Waals surface area contributed by atoms with Crippen LogP contribution in [-0.4, -0.2) is 40.6 Å². The van der Waals surface area contributed by atoms with Gasteiger partial charge in [0, 0.05) is 19.8 Å². The number of rotatable bonds is 9. The lowest BCUT2D eigenvalue weighted by Crippen LogP contribution is -2.10. The van der Waals surface area contributed by atoms with Gasteiger partial charge in [-0.25, -0.2) is 0 Å². The van der Waals surface area contributed by atoms with Crippen molar-refractivity contribution in [2.45, 2.75) is 6.42 Å². The zero-order valence-electron chi connectivity index (χ0n) is 11.3. The van der Waals surface area contributed by atoms with Crippen LogP contribution < -0.4 is 9.47 Å². The van der Waals surface area contributed by atoms with Crippen molar-refractivity contribution in [1.29, 1.82) is 5.26 Å². The van der Waals surface area contributed by atoms with Crippen LogP contribution in [0.4, 0.5) is 0 Å². The van der Waals surface area contributed by atoms with E-state index in [1.807, 2.05) is 18.2 Å². The average Bonchev–Trinajstić information content (AvgIpc) is 2.42. The van der Waals surface area contributed by atoms with Crippen LogP contribution in [0.2, 0.25) is 0 Å². The fourth-order valence-electron chi connectivity index (χ4n) is 1.53. The molecule has 0 N–H and O–H groups in total. The lowest BCUT2D eigenvalue weighted by molar-refractivity contribution is 0.132. The first-order chi connectivity index (χ1) is 9.33. The number of para-hydroxylation sites is 1. The van der Waals surface area contributed by atoms with Crippen molar-refractivity contribution in [2.24, 2.45) is 0 Å². The van der Waals surface area contributed by atoms with Gasteiger partial charge in [0.05, 0.1) is 25.7 Å². The highest BCUT2D eigenvalue weighted by molar-refractivity contribution is 5.47. The summed E-state index contributed by atoms with van der Waals surface area (Å²) in [7, 11) is 3.23. The van der Waals surface area contributed by atoms with Crippen molar-refractivity contribution >= 4 is 0 Å². The van der Waals surface area contributed by atoms with Crippen LogP contribution in [-0.2, 0) is 15.9 Å². The molecule has 1 aromatic carbocycles. The van der Waals surface area contributed by atoms with E-state index in [0.29, 0.717) is 37.9 Å². The van der Waals surface area contributed by atoms with E-state index in [9.17, 15) is 0 Å². The van der Waals surface area contributed by atoms with Gasteiger partial charge in [-0.15, -0.1) is 0 Å². The molecule has 0 atom stereocenters. The van der Waals surface area contributed by atoms with Gasteiger partial charge in [0.2, 0.25) is 0 Å². The SMILES string of the molecule is COCCOc1cccc(CC#N)c1OCCOC. The molecule has 0 aromatic heterocycles. The molecule has 0 amide bonds. The Morgan fingerprint density at radius 3 is 2.32 bits per heavy atom. The predicted octanol–water partition coefficient (Wildman–Crippen LogP) is 1.80. The second kappa shape index (κ2) is 9.20. The van der Waals surface area contributed by atoms with E-state index in [-0.39, 0.29) is 6.42 Å². The second-order valence-electron chi connectivity index (χ2n) is 3.76. The molecule has 0 unspecified atom stereocenters. The van der Waals surface area contributed by atoms with Gasteiger partial charge in [0.15, 0.2) is 11.5 Å². The molecule has 104 valence electrons. The number of ether oxygens (including phenoxy) is 4. The van der Waals surface area contributed by atoms with Gasteiger partial charge < -0.3 is 18.9 Å². The maximum atomic E-state index is 8.83. The highest BCUT2D eigenvalue weighted by atomic mass is 16.5. The maximum absolute atomic E-state index is 8.83. The Hall–Kier alpha value is -1.77. The number of benzene rings is 1. The first-order valence-electron chi connectivity index (χ1n) is 6.05. The lowest BCUT2D eigenvalue weighted by Gasteiger charge is -2.15. The number of nitrogens with zero attached hydrogens (tertiary/aromatic N) is 1. The Labute approximate surface area is 113 Å². The predicted molar refractivity (Wildman–Crippen MR) is 70.5 cm³/mol. The topological polar surface area (TPSA) is 60.7 Å². The van der Waals surface area contributed by atoms with Crippen molar-refractivity contribution in [3.05, 3.63) is 23.8 Å². The van der Waals surface area contributed by atoms with Crippen molar-refractivity contribution in [2.75, 3.05) is 40.6 Å². The van der Waals surface area contributed by atoms with Crippen LogP contribution in [0.15, 0.2) is 18.2 Å². The molecule has 1 rings (SSSR count). The Balaban J connectivity index is 2.80. The minimum Gasteiger partial charge on any atom is -0.487 e. The third-order valence-electron chi connectivity index (χ3n) is 2.41. The molecule has 1 aromatic rings. The van der Waals surface area contributed by atoms with Gasteiger partial charge in [-0.1, -0.05) is 12.1 Å².